The van der Waals surface area contributed by atoms with E-state index in [0.29, 0.717) is 74.5 Å². The first-order valence-electron chi connectivity index (χ1n) is 39.8. The second kappa shape index (κ2) is 48.5. The Kier molecular flexibility index (Phi) is 39.5. The summed E-state index contributed by atoms with van der Waals surface area (Å²) in [6, 6.07) is 53.5. The van der Waals surface area contributed by atoms with Crippen molar-refractivity contribution < 1.29 is 129 Å². The molecule has 680 valence electrons. The van der Waals surface area contributed by atoms with Gasteiger partial charge in [0.15, 0.2) is 23.6 Å². The Hall–Kier alpha value is -14.7. The monoisotopic (exact) mass is 1840 g/mol. The number of carbonyl (C=O) groups excluding carboxylic acids is 5. The van der Waals surface area contributed by atoms with Crippen LogP contribution < -0.4 is 24.6 Å². The van der Waals surface area contributed by atoms with Gasteiger partial charge in [0.25, 0.3) is 11.8 Å². The molecule has 0 aliphatic carbocycles. The molecule has 0 aliphatic rings. The molecular formula is C99H103BrLiN7O23. The van der Waals surface area contributed by atoms with Gasteiger partial charge in [-0.3, -0.25) is 9.59 Å². The Balaban J connectivity index is 0.000000271. The number of hydrogen-bond acceptors (Lipinski definition) is 27. The van der Waals surface area contributed by atoms with Gasteiger partial charge < -0.3 is 82.5 Å². The zero-order valence-electron chi connectivity index (χ0n) is 76.8. The van der Waals surface area contributed by atoms with Crippen LogP contribution in [0.3, 0.4) is 0 Å². The average Bonchev–Trinajstić information content (AvgIpc) is 1.63. The second-order valence-corrected chi connectivity index (χ2v) is 31.7. The molecule has 6 aromatic heterocycles. The average molecular weight is 1850 g/mol. The Morgan fingerprint density at radius 2 is 0.809 bits per heavy atom. The molecule has 30 nitrogen and oxygen atoms in total. The predicted molar refractivity (Wildman–Crippen MR) is 494 cm³/mol. The van der Waals surface area contributed by atoms with Crippen LogP contribution in [0.2, 0.25) is 0 Å². The van der Waals surface area contributed by atoms with Gasteiger partial charge in [0.1, 0.15) is 50.4 Å². The van der Waals surface area contributed by atoms with Crippen LogP contribution in [0.1, 0.15) is 183 Å². The first-order valence-corrected chi connectivity index (χ1v) is 40.9. The molecular weight excluding hydrogens is 1740 g/mol. The Bertz CT molecular complexity index is 6420. The van der Waals surface area contributed by atoms with E-state index in [1.165, 1.54) is 33.3 Å². The van der Waals surface area contributed by atoms with Crippen molar-refractivity contribution in [2.24, 2.45) is 10.9 Å². The van der Waals surface area contributed by atoms with E-state index in [1.807, 2.05) is 184 Å². The summed E-state index contributed by atoms with van der Waals surface area (Å²) in [4.78, 5) is 85.9. The fourth-order valence-corrected chi connectivity index (χ4v) is 12.0. The molecule has 6 heterocycles. The minimum absolute atomic E-state index is 0. The van der Waals surface area contributed by atoms with Crippen LogP contribution in [-0.2, 0) is 23.7 Å². The number of amidine groups is 1. The third-order valence-corrected chi connectivity index (χ3v) is 19.2. The largest absolute Gasteiger partial charge is 1.00 e. The Morgan fingerprint density at radius 1 is 0.466 bits per heavy atom. The van der Waals surface area contributed by atoms with Gasteiger partial charge in [0.2, 0.25) is 23.2 Å². The number of esters is 4. The predicted octanol–water partition coefficient (Wildman–Crippen LogP) is 19.2. The number of phenols is 2. The number of nitriles is 1. The van der Waals surface area contributed by atoms with E-state index in [4.69, 9.17) is 72.4 Å². The molecule has 0 saturated heterocycles. The van der Waals surface area contributed by atoms with Crippen LogP contribution in [0.5, 0.6) is 11.5 Å². The van der Waals surface area contributed by atoms with E-state index in [0.717, 1.165) is 111 Å². The first-order chi connectivity index (χ1) is 60.9. The minimum atomic E-state index is -1.03. The van der Waals surface area contributed by atoms with Gasteiger partial charge >= 0.3 is 54.7 Å². The van der Waals surface area contributed by atoms with Crippen molar-refractivity contribution in [1.29, 1.82) is 5.26 Å². The number of ether oxygens (including phenoxy) is 4. The van der Waals surface area contributed by atoms with E-state index in [9.17, 15) is 38.7 Å². The van der Waals surface area contributed by atoms with E-state index < -0.39 is 35.4 Å². The number of oxime groups is 1. The molecule has 0 fully saturated rings. The van der Waals surface area contributed by atoms with Crippen LogP contribution in [0.25, 0.3) is 90.0 Å². The number of hydrogen-bond donors (Lipinski definition) is 6. The van der Waals surface area contributed by atoms with Crippen molar-refractivity contribution in [2.45, 2.75) is 143 Å². The third kappa shape index (κ3) is 29.7. The van der Waals surface area contributed by atoms with E-state index >= 15 is 0 Å². The van der Waals surface area contributed by atoms with Gasteiger partial charge in [0.05, 0.1) is 42.5 Å². The summed E-state index contributed by atoms with van der Waals surface area (Å²) >= 11 is 2.99. The molecule has 0 saturated carbocycles. The number of carbonyl (C=O) groups is 7. The molecule has 0 atom stereocenters. The molecule has 15 rings (SSSR count). The van der Waals surface area contributed by atoms with Crippen LogP contribution in [0, 0.1) is 94.4 Å². The number of furan rings is 4. The summed E-state index contributed by atoms with van der Waals surface area (Å²) in [5.41, 5.74) is 22.9. The molecule has 0 bridgehead atoms. The molecule has 0 aliphatic heterocycles. The van der Waals surface area contributed by atoms with Crippen LogP contribution in [-0.4, -0.2) is 130 Å². The molecule has 0 radical (unpaired) electrons. The minimum Gasteiger partial charge on any atom is -0.870 e. The van der Waals surface area contributed by atoms with E-state index in [2.05, 4.69) is 52.2 Å². The van der Waals surface area contributed by atoms with E-state index in [1.54, 1.807) is 105 Å². The zero-order valence-corrected chi connectivity index (χ0v) is 78.4. The third-order valence-electron chi connectivity index (χ3n) is 18.8. The summed E-state index contributed by atoms with van der Waals surface area (Å²) < 4.78 is 52.8. The number of rotatable bonds is 12. The van der Waals surface area contributed by atoms with Crippen molar-refractivity contribution in [3.8, 4) is 63.6 Å². The number of methoxy groups -OCH3 is 2. The second-order valence-electron chi connectivity index (χ2n) is 31.2. The first kappa shape index (κ1) is 107. The number of aromatic nitrogens is 4. The number of halogens is 1. The van der Waals surface area contributed by atoms with Crippen LogP contribution in [0.15, 0.2) is 208 Å². The zero-order chi connectivity index (χ0) is 95.6. The number of aromatic hydroxyl groups is 2. The van der Waals surface area contributed by atoms with Gasteiger partial charge in [-0.2, -0.15) is 15.2 Å². The number of nitrogens with two attached hydrogens (primary N) is 1. The maximum absolute atomic E-state index is 11.9. The maximum Gasteiger partial charge on any atom is 1.00 e. The van der Waals surface area contributed by atoms with Gasteiger partial charge in [-0.15, -0.1) is 0 Å². The number of nitrogens with zero attached hydrogens (tertiary/aromatic N) is 6. The fourth-order valence-electron chi connectivity index (χ4n) is 11.8. The van der Waals surface area contributed by atoms with Gasteiger partial charge in [-0.05, 0) is 258 Å². The summed E-state index contributed by atoms with van der Waals surface area (Å²) in [6.07, 6.45) is 0.678. The van der Waals surface area contributed by atoms with Gasteiger partial charge in [-0.25, -0.2) is 24.0 Å². The number of aromatic carboxylic acids is 2. The maximum atomic E-state index is 11.9. The van der Waals surface area contributed by atoms with Crippen molar-refractivity contribution >= 4 is 108 Å². The van der Waals surface area contributed by atoms with Crippen molar-refractivity contribution in [3.05, 3.63) is 282 Å². The number of benzene rings is 9. The summed E-state index contributed by atoms with van der Waals surface area (Å²) in [5.74, 6) is -0.282. The Labute approximate surface area is 776 Å². The normalized spacial score (nSPS) is 10.6. The molecule has 0 spiro atoms. The molecule has 8 N–H and O–H groups in total. The quantitative estimate of drug-likeness (QED) is 0.00761. The van der Waals surface area contributed by atoms with Crippen molar-refractivity contribution in [1.82, 2.24) is 20.3 Å². The Morgan fingerprint density at radius 3 is 1.14 bits per heavy atom. The number of carboxylic acids is 2. The van der Waals surface area contributed by atoms with Crippen LogP contribution in [0.4, 0.5) is 0 Å². The van der Waals surface area contributed by atoms with Crippen LogP contribution >= 0.6 is 15.9 Å². The molecule has 131 heavy (non-hydrogen) atoms. The summed E-state index contributed by atoms with van der Waals surface area (Å²) in [6.45, 7) is 35.7. The van der Waals surface area contributed by atoms with E-state index in [-0.39, 0.29) is 75.8 Å². The van der Waals surface area contributed by atoms with Gasteiger partial charge in [-0.1, -0.05) is 141 Å². The summed E-state index contributed by atoms with van der Waals surface area (Å²) in [7, 11) is 2.65. The number of carboxylic acid groups (broad SMARTS) is 2. The van der Waals surface area contributed by atoms with Crippen molar-refractivity contribution in [2.75, 3.05) is 19.5 Å². The molecule has 32 heteroatoms. The number of fused-ring (bicyclic) bond motifs is 4. The standard InChI is InChI=1S/C20H16N2O4.C19H14N2O4.C15H18O3.C11H10O3.C9H10N2O3.C9H10O2.C8H10O.C6H11BrO2.C2H3N.Li.H2O/c1-11-4-5-12(2)17-15(11)10-16(25-17)19-21-18(22-26-19)13-6-8-14(9-7-13)20(23)24-3;1-10-3-4-11(2)16-14(10)9-15(24-16)18-20-17(21-25-18)12-5-7-13(8-6-12)19(22)23;1-9-6-7-10(2)13-11(9)8-12(17-13)14(16)18-15(3,4)5;1-6-3-4-7(2)10-8(6)5-9(14-10)11(12)13;1-14-9(12)7-4-2-6(3-5-7)8(10)11-13;1-6-3-4-7(2)9(11)8(6)5-10;1-6-3-4-7(2)8(9)5-6;1-6(2,3)9-5(8)4-7;1-2-3;;/h4-10H,1-3H3;3-9H,1-2H3,(H,22,23);6-8H,1-5H3;3-5H,1-2H3,(H,12,13);2-5,13H,1H3,(H2,10,11);3-5,11H,1-2H3;3-5,9H,1-2H3;4H2,1-3H3;1H3;;1H2/q;;;;;;;;;+1;/p-1. The summed E-state index contributed by atoms with van der Waals surface area (Å²) in [5, 5.41) is 66.8. The number of alkyl halides is 1. The molecule has 0 unspecified atom stereocenters. The van der Waals surface area contributed by atoms with Crippen molar-refractivity contribution in [3.63, 3.8) is 0 Å². The molecule has 0 amide bonds. The topological polar surface area (TPSA) is 480 Å². The smallest absolute Gasteiger partial charge is 0.870 e. The molecule has 9 aromatic carbocycles. The fraction of sp³-hybridized carbons (Fsp3) is 0.242. The SMILES string of the molecule is CC#N.CC(C)(C)OC(=O)CBr.COC(=O)c1ccc(-c2noc(-c3cc4c(C)ccc(C)c4o3)n2)cc1.COC(=O)c1ccc(/C(N)=N\O)cc1.Cc1ccc(C)c(C=O)c1O.Cc1ccc(C)c(O)c1.Cc1ccc(C)c2oc(-c3nc(-c4ccc(C(=O)O)cc4)no3)cc12.Cc1ccc(C)c2oc(C(=O)O)cc12.Cc1ccc(C)c2oc(C(=O)OC(C)(C)C)cc12.[Li+].[OH-]. The number of phenolic OH excluding ortho intramolecular Hbond substituents is 2. The number of aldehydes is 1. The number of aryl methyl sites for hydroxylation is 12. The molecule has 15 aromatic rings. The van der Waals surface area contributed by atoms with Gasteiger partial charge in [0, 0.05) is 45.2 Å².